The van der Waals surface area contributed by atoms with Crippen molar-refractivity contribution < 1.29 is 8.42 Å². The summed E-state index contributed by atoms with van der Waals surface area (Å²) < 4.78 is 26.3. The smallest absolute Gasteiger partial charge is 0.244 e. The van der Waals surface area contributed by atoms with Crippen LogP contribution < -0.4 is 5.73 Å². The summed E-state index contributed by atoms with van der Waals surface area (Å²) in [4.78, 5) is 0.151. The lowest BCUT2D eigenvalue weighted by atomic mass is 10.3. The topological polar surface area (TPSA) is 63.4 Å². The van der Waals surface area contributed by atoms with Crippen molar-refractivity contribution in [3.8, 4) is 0 Å². The molecule has 16 heavy (non-hydrogen) atoms. The Morgan fingerprint density at radius 1 is 1.44 bits per heavy atom. The molecule has 0 aliphatic heterocycles. The third-order valence-electron chi connectivity index (χ3n) is 2.20. The summed E-state index contributed by atoms with van der Waals surface area (Å²) in [5, 5.41) is 0. The van der Waals surface area contributed by atoms with Crippen LogP contribution in [-0.4, -0.2) is 26.3 Å². The fraction of sp³-hybridized carbons (Fsp3) is 0.400. The standard InChI is InChI=1S/C10H15BrN2O2S/c1-3-6-13(2)16(14,15)10-7-8(11)4-5-9(10)12/h4-5,7H,3,6,12H2,1-2H3. The number of hydrogen-bond acceptors (Lipinski definition) is 3. The van der Waals surface area contributed by atoms with Crippen LogP contribution in [0.4, 0.5) is 5.69 Å². The number of nitrogen functional groups attached to an aromatic ring is 1. The van der Waals surface area contributed by atoms with Gasteiger partial charge in [-0.3, -0.25) is 0 Å². The predicted molar refractivity (Wildman–Crippen MR) is 68.7 cm³/mol. The lowest BCUT2D eigenvalue weighted by Crippen LogP contribution is -2.28. The highest BCUT2D eigenvalue weighted by Gasteiger charge is 2.22. The number of nitrogens with zero attached hydrogens (tertiary/aromatic N) is 1. The number of halogens is 1. The van der Waals surface area contributed by atoms with Gasteiger partial charge in [-0.25, -0.2) is 12.7 Å². The van der Waals surface area contributed by atoms with E-state index in [4.69, 9.17) is 5.73 Å². The average molecular weight is 307 g/mol. The van der Waals surface area contributed by atoms with E-state index < -0.39 is 10.0 Å². The van der Waals surface area contributed by atoms with Crippen LogP contribution in [0.3, 0.4) is 0 Å². The maximum absolute atomic E-state index is 12.1. The molecule has 0 bridgehead atoms. The minimum atomic E-state index is -3.48. The van der Waals surface area contributed by atoms with Crippen molar-refractivity contribution >= 4 is 31.6 Å². The lowest BCUT2D eigenvalue weighted by Gasteiger charge is -2.17. The van der Waals surface area contributed by atoms with E-state index in [0.717, 1.165) is 6.42 Å². The number of nitrogens with two attached hydrogens (primary N) is 1. The summed E-state index contributed by atoms with van der Waals surface area (Å²) >= 11 is 3.24. The van der Waals surface area contributed by atoms with Gasteiger partial charge >= 0.3 is 0 Å². The van der Waals surface area contributed by atoms with Crippen molar-refractivity contribution in [2.24, 2.45) is 0 Å². The minimum absolute atomic E-state index is 0.151. The largest absolute Gasteiger partial charge is 0.398 e. The van der Waals surface area contributed by atoms with E-state index in [1.807, 2.05) is 6.92 Å². The molecule has 1 aromatic carbocycles. The summed E-state index contributed by atoms with van der Waals surface area (Å²) in [5.74, 6) is 0. The molecule has 4 nitrogen and oxygen atoms in total. The molecule has 0 aliphatic rings. The average Bonchev–Trinajstić information content (AvgIpc) is 2.22. The van der Waals surface area contributed by atoms with Gasteiger partial charge in [0.2, 0.25) is 10.0 Å². The van der Waals surface area contributed by atoms with E-state index >= 15 is 0 Å². The zero-order chi connectivity index (χ0) is 12.3. The maximum atomic E-state index is 12.1. The van der Waals surface area contributed by atoms with Crippen LogP contribution in [0.2, 0.25) is 0 Å². The van der Waals surface area contributed by atoms with Gasteiger partial charge in [0, 0.05) is 18.1 Å². The van der Waals surface area contributed by atoms with Gasteiger partial charge in [0.1, 0.15) is 4.90 Å². The van der Waals surface area contributed by atoms with Crippen molar-refractivity contribution in [3.63, 3.8) is 0 Å². The predicted octanol–water partition coefficient (Wildman–Crippen LogP) is 2.06. The third-order valence-corrected chi connectivity index (χ3v) is 4.61. The summed E-state index contributed by atoms with van der Waals surface area (Å²) in [6.45, 7) is 2.41. The third kappa shape index (κ3) is 2.75. The van der Waals surface area contributed by atoms with Crippen LogP contribution in [0.1, 0.15) is 13.3 Å². The van der Waals surface area contributed by atoms with E-state index in [2.05, 4.69) is 15.9 Å². The van der Waals surface area contributed by atoms with Crippen molar-refractivity contribution in [1.82, 2.24) is 4.31 Å². The van der Waals surface area contributed by atoms with E-state index in [0.29, 0.717) is 11.0 Å². The van der Waals surface area contributed by atoms with E-state index in [1.165, 1.54) is 10.4 Å². The summed E-state index contributed by atoms with van der Waals surface area (Å²) in [6.07, 6.45) is 0.767. The molecule has 0 saturated heterocycles. The van der Waals surface area contributed by atoms with Crippen molar-refractivity contribution in [3.05, 3.63) is 22.7 Å². The second-order valence-corrected chi connectivity index (χ2v) is 6.44. The number of anilines is 1. The SMILES string of the molecule is CCCN(C)S(=O)(=O)c1cc(Br)ccc1N. The fourth-order valence-corrected chi connectivity index (χ4v) is 3.25. The Morgan fingerprint density at radius 2 is 2.06 bits per heavy atom. The molecule has 0 fully saturated rings. The van der Waals surface area contributed by atoms with Crippen molar-refractivity contribution in [2.75, 3.05) is 19.3 Å². The molecule has 0 spiro atoms. The van der Waals surface area contributed by atoms with Gasteiger partial charge in [-0.05, 0) is 24.6 Å². The first-order valence-electron chi connectivity index (χ1n) is 4.91. The molecule has 0 heterocycles. The van der Waals surface area contributed by atoms with Gasteiger partial charge in [-0.15, -0.1) is 0 Å². The first kappa shape index (κ1) is 13.5. The Kier molecular flexibility index (Phi) is 4.35. The molecule has 0 aromatic heterocycles. The van der Waals surface area contributed by atoms with Gasteiger partial charge in [0.25, 0.3) is 0 Å². The molecule has 0 atom stereocenters. The molecule has 2 N–H and O–H groups in total. The molecule has 0 saturated carbocycles. The molecule has 90 valence electrons. The zero-order valence-electron chi connectivity index (χ0n) is 9.27. The molecule has 0 amide bonds. The Morgan fingerprint density at radius 3 is 2.62 bits per heavy atom. The van der Waals surface area contributed by atoms with Crippen LogP contribution in [-0.2, 0) is 10.0 Å². The molecule has 0 aliphatic carbocycles. The fourth-order valence-electron chi connectivity index (χ4n) is 1.33. The van der Waals surface area contributed by atoms with Crippen LogP contribution >= 0.6 is 15.9 Å². The number of rotatable bonds is 4. The van der Waals surface area contributed by atoms with E-state index in [-0.39, 0.29) is 10.6 Å². The highest BCUT2D eigenvalue weighted by atomic mass is 79.9. The summed E-state index contributed by atoms with van der Waals surface area (Å²) in [6, 6.07) is 4.82. The van der Waals surface area contributed by atoms with Crippen LogP contribution in [0.15, 0.2) is 27.6 Å². The van der Waals surface area contributed by atoms with Gasteiger partial charge in [0.15, 0.2) is 0 Å². The number of hydrogen-bond donors (Lipinski definition) is 1. The quantitative estimate of drug-likeness (QED) is 0.866. The van der Waals surface area contributed by atoms with Crippen LogP contribution in [0.25, 0.3) is 0 Å². The molecular weight excluding hydrogens is 292 g/mol. The number of benzene rings is 1. The molecule has 0 radical (unpaired) electrons. The lowest BCUT2D eigenvalue weighted by molar-refractivity contribution is 0.469. The molecule has 6 heteroatoms. The van der Waals surface area contributed by atoms with E-state index in [1.54, 1.807) is 19.2 Å². The van der Waals surface area contributed by atoms with Gasteiger partial charge in [-0.2, -0.15) is 0 Å². The van der Waals surface area contributed by atoms with Gasteiger partial charge in [0.05, 0.1) is 5.69 Å². The highest BCUT2D eigenvalue weighted by Crippen LogP contribution is 2.25. The second-order valence-electron chi connectivity index (χ2n) is 3.51. The Hall–Kier alpha value is -0.590. The first-order chi connectivity index (χ1) is 7.39. The first-order valence-corrected chi connectivity index (χ1v) is 7.14. The van der Waals surface area contributed by atoms with E-state index in [9.17, 15) is 8.42 Å². The van der Waals surface area contributed by atoms with Gasteiger partial charge in [-0.1, -0.05) is 22.9 Å². The zero-order valence-corrected chi connectivity index (χ0v) is 11.7. The van der Waals surface area contributed by atoms with Crippen LogP contribution in [0, 0.1) is 0 Å². The Balaban J connectivity index is 3.21. The second kappa shape index (κ2) is 5.16. The highest BCUT2D eigenvalue weighted by molar-refractivity contribution is 9.10. The molecule has 1 rings (SSSR count). The molecule has 1 aromatic rings. The van der Waals surface area contributed by atoms with Gasteiger partial charge < -0.3 is 5.73 Å². The summed E-state index contributed by atoms with van der Waals surface area (Å²) in [7, 11) is -1.92. The number of sulfonamides is 1. The minimum Gasteiger partial charge on any atom is -0.398 e. The Labute approximate surface area is 105 Å². The van der Waals surface area contributed by atoms with Crippen molar-refractivity contribution in [1.29, 1.82) is 0 Å². The normalized spacial score (nSPS) is 12.0. The summed E-state index contributed by atoms with van der Waals surface area (Å²) in [5.41, 5.74) is 5.95. The maximum Gasteiger partial charge on any atom is 0.244 e. The molecular formula is C10H15BrN2O2S. The monoisotopic (exact) mass is 306 g/mol. The Bertz CT molecular complexity index is 474. The molecule has 0 unspecified atom stereocenters. The van der Waals surface area contributed by atoms with Crippen molar-refractivity contribution in [2.45, 2.75) is 18.2 Å². The van der Waals surface area contributed by atoms with Crippen LogP contribution in [0.5, 0.6) is 0 Å².